The third-order valence-electron chi connectivity index (χ3n) is 4.23. The molecule has 2 aliphatic heterocycles. The number of likely N-dealkylation sites (N-methyl/N-ethyl adjacent to an activating group) is 1. The molecule has 2 aliphatic rings. The van der Waals surface area contributed by atoms with Gasteiger partial charge in [0.25, 0.3) is 5.43 Å². The molecule has 0 saturated carbocycles. The van der Waals surface area contributed by atoms with Crippen LogP contribution < -0.4 is 21.5 Å². The summed E-state index contributed by atoms with van der Waals surface area (Å²) in [5.41, 5.74) is 2.42. The molecule has 5 rings (SSSR count). The highest BCUT2D eigenvalue weighted by molar-refractivity contribution is 6.31. The van der Waals surface area contributed by atoms with Crippen LogP contribution in [-0.2, 0) is 0 Å². The Kier molecular flexibility index (Phi) is 2.81. The molecule has 0 saturated heterocycles. The highest BCUT2D eigenvalue weighted by atomic mass is 35.5. The van der Waals surface area contributed by atoms with Gasteiger partial charge in [-0.3, -0.25) is 4.79 Å². The highest BCUT2D eigenvalue weighted by Gasteiger charge is 2.26. The second kappa shape index (κ2) is 4.94. The number of nitrogens with one attached hydrogen (secondary N) is 1. The van der Waals surface area contributed by atoms with Gasteiger partial charge >= 0.3 is 0 Å². The number of anilines is 1. The van der Waals surface area contributed by atoms with Crippen LogP contribution in [0.15, 0.2) is 61.8 Å². The minimum absolute atomic E-state index is 0.186. The SMILES string of the molecule is CN1N=c2c(=O)c(oc3ccccc23)=C2Nc3cc(Cl)ccc3N=C21. The Hall–Kier alpha value is -3.12. The minimum Gasteiger partial charge on any atom is -0.450 e. The van der Waals surface area contributed by atoms with Crippen molar-refractivity contribution >= 4 is 45.5 Å². The fraction of sp³-hybridized carbons (Fsp3) is 0.0556. The van der Waals surface area contributed by atoms with E-state index >= 15 is 0 Å². The average molecular weight is 351 g/mol. The van der Waals surface area contributed by atoms with E-state index in [-0.39, 0.29) is 10.8 Å². The normalized spacial score (nSPS) is 14.9. The van der Waals surface area contributed by atoms with Crippen molar-refractivity contribution < 1.29 is 4.42 Å². The first kappa shape index (κ1) is 14.2. The fourth-order valence-electron chi connectivity index (χ4n) is 3.06. The quantitative estimate of drug-likeness (QED) is 0.674. The maximum atomic E-state index is 12.9. The number of aliphatic imine (C=N–C) groups is 1. The molecule has 0 fully saturated rings. The molecular formula is C18H11ClN4O2. The van der Waals surface area contributed by atoms with Crippen LogP contribution in [0.5, 0.6) is 0 Å². The molecule has 3 heterocycles. The number of hydrogen-bond acceptors (Lipinski definition) is 6. The summed E-state index contributed by atoms with van der Waals surface area (Å²) >= 11 is 6.08. The highest BCUT2D eigenvalue weighted by Crippen LogP contribution is 2.34. The Bertz CT molecular complexity index is 1280. The van der Waals surface area contributed by atoms with E-state index in [9.17, 15) is 4.79 Å². The van der Waals surface area contributed by atoms with Crippen molar-refractivity contribution in [3.05, 3.63) is 68.5 Å². The van der Waals surface area contributed by atoms with Gasteiger partial charge in [-0.1, -0.05) is 23.7 Å². The Morgan fingerprint density at radius 3 is 2.92 bits per heavy atom. The van der Waals surface area contributed by atoms with E-state index < -0.39 is 0 Å². The molecule has 2 bridgehead atoms. The van der Waals surface area contributed by atoms with Gasteiger partial charge in [-0.25, -0.2) is 10.0 Å². The molecule has 1 aromatic heterocycles. The van der Waals surface area contributed by atoms with Gasteiger partial charge in [-0.15, -0.1) is 0 Å². The molecule has 2 aromatic carbocycles. The lowest BCUT2D eigenvalue weighted by atomic mass is 10.2. The number of halogens is 1. The van der Waals surface area contributed by atoms with E-state index in [1.165, 1.54) is 0 Å². The third-order valence-corrected chi connectivity index (χ3v) is 4.46. The van der Waals surface area contributed by atoms with E-state index in [1.54, 1.807) is 24.2 Å². The lowest BCUT2D eigenvalue weighted by molar-refractivity contribution is 0.528. The molecule has 1 N–H and O–H groups in total. The number of benzene rings is 2. The predicted molar refractivity (Wildman–Crippen MR) is 96.6 cm³/mol. The smallest absolute Gasteiger partial charge is 0.251 e. The zero-order valence-corrected chi connectivity index (χ0v) is 13.8. The molecule has 7 heteroatoms. The summed E-state index contributed by atoms with van der Waals surface area (Å²) in [4.78, 5) is 17.5. The van der Waals surface area contributed by atoms with Crippen molar-refractivity contribution in [3.63, 3.8) is 0 Å². The second-order valence-corrected chi connectivity index (χ2v) is 6.26. The van der Waals surface area contributed by atoms with Crippen LogP contribution in [0.3, 0.4) is 0 Å². The number of para-hydroxylation sites is 1. The van der Waals surface area contributed by atoms with Gasteiger partial charge in [0.2, 0.25) is 5.42 Å². The van der Waals surface area contributed by atoms with E-state index in [2.05, 4.69) is 15.4 Å². The van der Waals surface area contributed by atoms with E-state index in [0.29, 0.717) is 38.6 Å². The van der Waals surface area contributed by atoms with Crippen molar-refractivity contribution in [2.24, 2.45) is 10.1 Å². The largest absolute Gasteiger partial charge is 0.450 e. The lowest BCUT2D eigenvalue weighted by Crippen LogP contribution is -2.40. The molecule has 0 atom stereocenters. The molecule has 0 radical (unpaired) electrons. The van der Waals surface area contributed by atoms with Gasteiger partial charge in [0.05, 0.1) is 11.4 Å². The Morgan fingerprint density at radius 2 is 2.04 bits per heavy atom. The average Bonchev–Trinajstić information content (AvgIpc) is 2.68. The molecule has 0 spiro atoms. The number of rotatable bonds is 0. The number of fused-ring (bicyclic) bond motifs is 6. The van der Waals surface area contributed by atoms with Crippen LogP contribution in [0.1, 0.15) is 0 Å². The Morgan fingerprint density at radius 1 is 1.20 bits per heavy atom. The molecule has 0 amide bonds. The topological polar surface area (TPSA) is 70.2 Å². The first-order valence-electron chi connectivity index (χ1n) is 7.66. The maximum Gasteiger partial charge on any atom is 0.251 e. The Labute approximate surface area is 146 Å². The fourth-order valence-corrected chi connectivity index (χ4v) is 3.23. The van der Waals surface area contributed by atoms with Crippen molar-refractivity contribution in [1.82, 2.24) is 5.01 Å². The van der Waals surface area contributed by atoms with Gasteiger partial charge < -0.3 is 9.73 Å². The monoisotopic (exact) mass is 350 g/mol. The van der Waals surface area contributed by atoms with Gasteiger partial charge in [-0.2, -0.15) is 5.10 Å². The van der Waals surface area contributed by atoms with Crippen LogP contribution in [0.4, 0.5) is 11.4 Å². The van der Waals surface area contributed by atoms with Crippen molar-refractivity contribution in [1.29, 1.82) is 0 Å². The number of hydrogen-bond donors (Lipinski definition) is 1. The van der Waals surface area contributed by atoms with Crippen LogP contribution >= 0.6 is 11.6 Å². The molecular weight excluding hydrogens is 340 g/mol. The Balaban J connectivity index is 1.96. The zero-order valence-electron chi connectivity index (χ0n) is 13.1. The third kappa shape index (κ3) is 2.01. The summed E-state index contributed by atoms with van der Waals surface area (Å²) < 4.78 is 5.90. The first-order valence-corrected chi connectivity index (χ1v) is 8.04. The van der Waals surface area contributed by atoms with Gasteiger partial charge in [0, 0.05) is 17.5 Å². The van der Waals surface area contributed by atoms with Crippen LogP contribution in [0, 0.1) is 0 Å². The lowest BCUT2D eigenvalue weighted by Gasteiger charge is -2.23. The van der Waals surface area contributed by atoms with Crippen LogP contribution in [0.25, 0.3) is 16.7 Å². The van der Waals surface area contributed by atoms with Crippen molar-refractivity contribution in [2.45, 2.75) is 0 Å². The first-order chi connectivity index (χ1) is 12.1. The van der Waals surface area contributed by atoms with E-state index in [0.717, 1.165) is 5.69 Å². The van der Waals surface area contributed by atoms with E-state index in [4.69, 9.17) is 16.0 Å². The summed E-state index contributed by atoms with van der Waals surface area (Å²) in [6.45, 7) is 0. The molecule has 3 aromatic rings. The van der Waals surface area contributed by atoms with Gasteiger partial charge in [0.15, 0.2) is 5.84 Å². The zero-order chi connectivity index (χ0) is 17.1. The summed E-state index contributed by atoms with van der Waals surface area (Å²) in [7, 11) is 1.76. The summed E-state index contributed by atoms with van der Waals surface area (Å²) in [5.74, 6) is 0.515. The van der Waals surface area contributed by atoms with Crippen LogP contribution in [0.2, 0.25) is 5.02 Å². The predicted octanol–water partition coefficient (Wildman–Crippen LogP) is 2.19. The van der Waals surface area contributed by atoms with Crippen LogP contribution in [-0.4, -0.2) is 17.9 Å². The van der Waals surface area contributed by atoms with Crippen molar-refractivity contribution in [3.8, 4) is 0 Å². The molecule has 6 nitrogen and oxygen atoms in total. The minimum atomic E-state index is -0.274. The van der Waals surface area contributed by atoms with Gasteiger partial charge in [0.1, 0.15) is 16.6 Å². The van der Waals surface area contributed by atoms with Gasteiger partial charge in [-0.05, 0) is 30.3 Å². The van der Waals surface area contributed by atoms with Crippen molar-refractivity contribution in [2.75, 3.05) is 12.4 Å². The summed E-state index contributed by atoms with van der Waals surface area (Å²) in [5, 5.41) is 10.9. The number of nitrogens with zero attached hydrogens (tertiary/aromatic N) is 3. The molecule has 0 aliphatic carbocycles. The summed E-state index contributed by atoms with van der Waals surface area (Å²) in [6, 6.07) is 12.7. The standard InChI is InChI=1S/C18H11ClN4O2/c1-23-18-15(20-12-8-9(19)6-7-11(12)21-18)17-16(24)14(22-23)10-4-2-3-5-13(10)25-17/h2-8,20H,1H3. The van der Waals surface area contributed by atoms with E-state index in [1.807, 2.05) is 30.3 Å². The molecule has 0 unspecified atom stereocenters. The number of amidine groups is 1. The summed E-state index contributed by atoms with van der Waals surface area (Å²) in [6.07, 6.45) is 0. The maximum absolute atomic E-state index is 12.9. The second-order valence-electron chi connectivity index (χ2n) is 5.83. The molecule has 25 heavy (non-hydrogen) atoms. The molecule has 122 valence electrons.